The van der Waals surface area contributed by atoms with E-state index in [4.69, 9.17) is 130 Å². The summed E-state index contributed by atoms with van der Waals surface area (Å²) in [6.07, 6.45) is -20.2. The van der Waals surface area contributed by atoms with Crippen LogP contribution in [0.3, 0.4) is 0 Å². The zero-order valence-electron chi connectivity index (χ0n) is 65.7. The molecule has 123 heavy (non-hydrogen) atoms. The van der Waals surface area contributed by atoms with Crippen molar-refractivity contribution in [2.24, 2.45) is 0 Å². The molecule has 6 aliphatic rings. The first-order chi connectivity index (χ1) is 57.6. The fourth-order valence-electron chi connectivity index (χ4n) is 13.8. The minimum Gasteiger partial charge on any atom is -0.394 e. The smallest absolute Gasteiger partial charge is 0.394 e. The number of aromatic nitrogens is 12. The molecule has 11 N–H and O–H groups in total. The maximum absolute atomic E-state index is 14.8. The van der Waals surface area contributed by atoms with Gasteiger partial charge in [0.25, 0.3) is 33.4 Å². The third-order valence-electron chi connectivity index (χ3n) is 19.9. The van der Waals surface area contributed by atoms with Crippen LogP contribution in [-0.2, 0) is 139 Å². The number of H-pyrrole nitrogens is 6. The molecule has 0 saturated carbocycles. The molecule has 6 aromatic heterocycles. The molecule has 0 spiro atoms. The van der Waals surface area contributed by atoms with Crippen molar-refractivity contribution in [1.29, 1.82) is 0 Å². The summed E-state index contributed by atoms with van der Waals surface area (Å²) in [6.45, 7) is -16.5. The lowest BCUT2D eigenvalue weighted by atomic mass is 10.2. The molecular formula is C63H85N12O37P6S5+. The number of aryl methyl sites for hydroxylation is 6. The monoisotopic (exact) mass is 1950 g/mol. The molecule has 49 nitrogen and oxygen atoms in total. The van der Waals surface area contributed by atoms with E-state index in [1.165, 1.54) is 66.3 Å². The summed E-state index contributed by atoms with van der Waals surface area (Å²) in [4.78, 5) is 214. The van der Waals surface area contributed by atoms with Gasteiger partial charge in [-0.3, -0.25) is 95.1 Å². The van der Waals surface area contributed by atoms with E-state index >= 15 is 0 Å². The van der Waals surface area contributed by atoms with Gasteiger partial charge in [-0.15, -0.1) is 9.05 Å². The number of ether oxygens (including phenoxy) is 6. The summed E-state index contributed by atoms with van der Waals surface area (Å²) in [5.74, 6) is 0. The molecule has 0 bridgehead atoms. The van der Waals surface area contributed by atoms with Crippen molar-refractivity contribution in [1.82, 2.24) is 57.3 Å². The Bertz CT molecular complexity index is 6030. The van der Waals surface area contributed by atoms with Crippen LogP contribution in [0.15, 0.2) is 94.7 Å². The number of hydrogen-bond acceptors (Lipinski definition) is 37. The van der Waals surface area contributed by atoms with E-state index in [1.807, 2.05) is 0 Å². The zero-order valence-corrected chi connectivity index (χ0v) is 75.2. The Balaban J connectivity index is 0.745. The Morgan fingerprint density at radius 1 is 0.382 bits per heavy atom. The van der Waals surface area contributed by atoms with Gasteiger partial charge in [-0.05, 0) is 103 Å². The number of aromatic amines is 6. The number of nitrogens with one attached hydrogen (secondary N) is 6. The highest BCUT2D eigenvalue weighted by molar-refractivity contribution is 8.44. The van der Waals surface area contributed by atoms with Crippen molar-refractivity contribution in [2.45, 2.75) is 211 Å². The van der Waals surface area contributed by atoms with E-state index in [0.717, 1.165) is 39.8 Å². The maximum Gasteiger partial charge on any atom is 0.698 e. The summed E-state index contributed by atoms with van der Waals surface area (Å²) in [7, 11) is -2.82. The fourth-order valence-corrected chi connectivity index (χ4v) is 22.0. The quantitative estimate of drug-likeness (QED) is 0.0185. The van der Waals surface area contributed by atoms with E-state index in [0.29, 0.717) is 0 Å². The standard InChI is InChI=1S/C63H84N12O37P6S5/c1-27(2)106-113(89)107-34-9-46(70-15-28(3)52(77)64-58(70)83)101-41(34)22-95-115(91,120)109-36-11-48(72-17-30(5)54(79)66-60(72)85)103-43(36)24-97-117(93,122)111-38-13-50(74-19-32(7)56(81)68-62(74)87)105-45(38)26-99-118(94,123)112-39-14-51(75-20-33(8)57(82)69-63(75)88)104-44(39)25-98-116(92,121)110-37-12-49(73-18-31(6)55(80)67-61(73)86)102-42(37)23-96-114(90,119)108-35-10-47(100-40(35)21-76)71-16-29(4)53(78)65-59(71)84/h15-20,27,34-51,76H,9-14,21-26H2,1-8H3,(H10-,64,65,66,67,68,69,77,78,79,80,81,82,83,84,85,86,87,88,90,91,92,93,94,119,120,121,122,123)/p+1/t34-,35-,36-,37-,38-,39-,40+,41+,42+,43?,44+,45+,46+,47+,48+,49+,50+,51+,114?,115?,116?,117?,118?/m0/s1. The Morgan fingerprint density at radius 3 is 0.821 bits per heavy atom. The van der Waals surface area contributed by atoms with Crippen LogP contribution in [0, 0.1) is 41.5 Å². The molecule has 0 aliphatic carbocycles. The van der Waals surface area contributed by atoms with Crippen molar-refractivity contribution in [3.63, 3.8) is 0 Å². The molecule has 6 saturated heterocycles. The maximum atomic E-state index is 14.8. The average molecular weight is 1950 g/mol. The van der Waals surface area contributed by atoms with Crippen LogP contribution in [0.25, 0.3) is 0 Å². The highest BCUT2D eigenvalue weighted by Gasteiger charge is 2.51. The second-order valence-electron chi connectivity index (χ2n) is 29.3. The van der Waals surface area contributed by atoms with Crippen LogP contribution in [0.5, 0.6) is 0 Å². The van der Waals surface area contributed by atoms with Crippen molar-refractivity contribution in [3.8, 4) is 0 Å². The van der Waals surface area contributed by atoms with Crippen LogP contribution in [-0.4, -0.2) is 201 Å². The summed E-state index contributed by atoms with van der Waals surface area (Å²) >= 11 is 26.2. The second-order valence-corrected chi connectivity index (χ2v) is 44.2. The highest BCUT2D eigenvalue weighted by Crippen LogP contribution is 2.59. The first kappa shape index (κ1) is 96.5. The number of hydrogen-bond donors (Lipinski definition) is 12. The van der Waals surface area contributed by atoms with E-state index < -0.39 is 279 Å². The van der Waals surface area contributed by atoms with Gasteiger partial charge in [0.05, 0.1) is 64.1 Å². The fraction of sp³-hybridized carbons (Fsp3) is 0.619. The molecule has 24 atom stereocenters. The van der Waals surface area contributed by atoms with Gasteiger partial charge in [0.15, 0.2) is 0 Å². The van der Waals surface area contributed by atoms with Crippen LogP contribution in [0.2, 0.25) is 0 Å². The Hall–Kier alpha value is -5.56. The lowest BCUT2D eigenvalue weighted by Gasteiger charge is -2.28. The molecule has 0 amide bonds. The summed E-state index contributed by atoms with van der Waals surface area (Å²) in [5, 5.41) is 10.2. The lowest BCUT2D eigenvalue weighted by Crippen LogP contribution is -2.33. The molecule has 678 valence electrons. The summed E-state index contributed by atoms with van der Waals surface area (Å²) < 4.78 is 141. The van der Waals surface area contributed by atoms with Crippen LogP contribution < -0.4 is 67.5 Å². The van der Waals surface area contributed by atoms with Gasteiger partial charge in [0, 0.05) is 114 Å². The molecule has 0 radical (unpaired) electrons. The van der Waals surface area contributed by atoms with E-state index in [-0.39, 0.29) is 59.1 Å². The van der Waals surface area contributed by atoms with E-state index in [9.17, 15) is 91.3 Å². The second kappa shape index (κ2) is 39.4. The van der Waals surface area contributed by atoms with E-state index in [2.05, 4.69) is 42.2 Å². The molecule has 6 fully saturated rings. The summed E-state index contributed by atoms with van der Waals surface area (Å²) in [5.41, 5.74) is -9.48. The largest absolute Gasteiger partial charge is 0.698 e. The zero-order chi connectivity index (χ0) is 89.6. The molecule has 7 unspecified atom stereocenters. The van der Waals surface area contributed by atoms with Crippen molar-refractivity contribution >= 4 is 101 Å². The SMILES string of the molecule is Cc1cn([C@H]2C[C@H](OP(O)(=S)OC[C@H]3O[C@@H](n4cc(C)c(=O)[nH]c4=O)C[C@@H]3O[P+](=O)OC(C)C)C(COP(=O)(S)O[C@H]3C[C@H](n4cc(C)c(=O)[nH]c4=O)O[C@@H]3COP(O)(=S)O[C@H]3C[C@H](n4cc(C)c(=O)[nH]c4=O)O[C@@H]3COP(O)(=S)O[C@H]3C[C@H](n4cc(C)c(=O)[nH]c4=O)O[C@@H]3COP(O)(=S)O[C@H]3C[C@H](n4cc(C)c(=O)[nH]c4=O)O[C@@H]3CO)O2)c(=O)[nH]c1=O. The molecular weight excluding hydrogens is 1860 g/mol. The molecule has 12 heterocycles. The average Bonchev–Trinajstić information content (AvgIpc) is 1.62. The third kappa shape index (κ3) is 24.1. The number of aliphatic hydroxyl groups excluding tert-OH is 1. The van der Waals surface area contributed by atoms with Crippen LogP contribution in [0.1, 0.15) is 123 Å². The lowest BCUT2D eigenvalue weighted by molar-refractivity contribution is -0.0576. The van der Waals surface area contributed by atoms with Gasteiger partial charge in [-0.25, -0.2) is 33.3 Å². The molecule has 0 aromatic carbocycles. The van der Waals surface area contributed by atoms with Gasteiger partial charge in [-0.1, -0.05) is 12.2 Å². The molecule has 6 aliphatic heterocycles. The minimum absolute atomic E-state index is 0.0216. The van der Waals surface area contributed by atoms with Gasteiger partial charge in [0.1, 0.15) is 92.3 Å². The van der Waals surface area contributed by atoms with Gasteiger partial charge < -0.3 is 89.3 Å². The van der Waals surface area contributed by atoms with Crippen molar-refractivity contribution < 1.29 is 117 Å². The number of rotatable bonds is 36. The molecule has 60 heteroatoms. The summed E-state index contributed by atoms with van der Waals surface area (Å²) in [6, 6.07) is 0. The first-order valence-corrected chi connectivity index (χ1v) is 51.3. The molecule has 12 rings (SSSR count). The van der Waals surface area contributed by atoms with Gasteiger partial charge >= 0.3 is 76.1 Å². The Labute approximate surface area is 717 Å². The minimum atomic E-state index is -4.87. The van der Waals surface area contributed by atoms with Gasteiger partial charge in [0.2, 0.25) is 0 Å². The van der Waals surface area contributed by atoms with Crippen molar-refractivity contribution in [2.75, 3.05) is 39.6 Å². The third-order valence-corrected chi connectivity index (χ3v) is 28.9. The predicted octanol–water partition coefficient (Wildman–Crippen LogP) is 0.237. The number of thiol groups is 1. The van der Waals surface area contributed by atoms with Crippen molar-refractivity contribution in [3.05, 3.63) is 196 Å². The Morgan fingerprint density at radius 2 is 0.585 bits per heavy atom. The topological polar surface area (TPSA) is 631 Å². The predicted molar refractivity (Wildman–Crippen MR) is 440 cm³/mol. The van der Waals surface area contributed by atoms with Crippen LogP contribution in [0.4, 0.5) is 0 Å². The van der Waals surface area contributed by atoms with E-state index in [1.54, 1.807) is 13.8 Å². The normalized spacial score (nSPS) is 29.2. The molecule has 6 aromatic rings. The first-order valence-electron chi connectivity index (χ1n) is 37.1. The van der Waals surface area contributed by atoms with Crippen LogP contribution >= 0.6 is 54.2 Å². The highest BCUT2D eigenvalue weighted by atomic mass is 32.7. The Kier molecular flexibility index (Phi) is 30.9. The number of nitrogens with zero attached hydrogens (tertiary/aromatic N) is 6. The van der Waals surface area contributed by atoms with Gasteiger partial charge in [-0.2, -0.15) is 0 Å². The number of aliphatic hydroxyl groups is 1.